The zero-order valence-electron chi connectivity index (χ0n) is 8.49. The Morgan fingerprint density at radius 3 is 2.86 bits per heavy atom. The van der Waals surface area contributed by atoms with Crippen LogP contribution in [0.25, 0.3) is 0 Å². The highest BCUT2D eigenvalue weighted by Crippen LogP contribution is 2.51. The predicted molar refractivity (Wildman–Crippen MR) is 58.3 cm³/mol. The van der Waals surface area contributed by atoms with Crippen LogP contribution >= 0.6 is 11.3 Å². The van der Waals surface area contributed by atoms with E-state index in [1.54, 1.807) is 11.3 Å². The molecule has 14 heavy (non-hydrogen) atoms. The van der Waals surface area contributed by atoms with Crippen molar-refractivity contribution in [1.29, 1.82) is 0 Å². The summed E-state index contributed by atoms with van der Waals surface area (Å²) in [5.41, 5.74) is 1.22. The Bertz CT molecular complexity index is 324. The molecule has 2 aliphatic carbocycles. The van der Waals surface area contributed by atoms with Crippen LogP contribution in [-0.4, -0.2) is 11.0 Å². The Kier molecular flexibility index (Phi) is 2.10. The van der Waals surface area contributed by atoms with Crippen LogP contribution in [0, 0.1) is 18.8 Å². The van der Waals surface area contributed by atoms with Crippen molar-refractivity contribution in [3.05, 3.63) is 16.1 Å². The van der Waals surface area contributed by atoms with Crippen LogP contribution in [0.4, 0.5) is 0 Å². The fraction of sp³-hybridized carbons (Fsp3) is 0.727. The van der Waals surface area contributed by atoms with E-state index >= 15 is 0 Å². The monoisotopic (exact) mass is 208 g/mol. The summed E-state index contributed by atoms with van der Waals surface area (Å²) in [6.45, 7) is 3.04. The van der Waals surface area contributed by atoms with Crippen molar-refractivity contribution >= 4 is 11.3 Å². The fourth-order valence-electron chi connectivity index (χ4n) is 2.62. The molecular formula is C11H16N2S. The van der Waals surface area contributed by atoms with Gasteiger partial charge in [0.05, 0.1) is 10.7 Å². The lowest BCUT2D eigenvalue weighted by Crippen LogP contribution is -2.27. The van der Waals surface area contributed by atoms with E-state index in [1.165, 1.54) is 30.0 Å². The number of aromatic nitrogens is 1. The van der Waals surface area contributed by atoms with Gasteiger partial charge in [-0.15, -0.1) is 11.3 Å². The average Bonchev–Trinajstić information content (AvgIpc) is 2.63. The summed E-state index contributed by atoms with van der Waals surface area (Å²) < 4.78 is 0. The molecule has 0 saturated heterocycles. The third-order valence-electron chi connectivity index (χ3n) is 3.48. The highest BCUT2D eigenvalue weighted by atomic mass is 32.1. The normalized spacial score (nSPS) is 34.5. The van der Waals surface area contributed by atoms with E-state index in [0.29, 0.717) is 0 Å². The third kappa shape index (κ3) is 1.71. The smallest absolute Gasteiger partial charge is 0.0897 e. The van der Waals surface area contributed by atoms with E-state index < -0.39 is 0 Å². The number of nitrogens with zero attached hydrogens (tertiary/aromatic N) is 1. The molecule has 1 aromatic heterocycles. The van der Waals surface area contributed by atoms with Gasteiger partial charge >= 0.3 is 0 Å². The second kappa shape index (κ2) is 3.31. The first kappa shape index (κ1) is 8.86. The van der Waals surface area contributed by atoms with Crippen molar-refractivity contribution in [2.75, 3.05) is 0 Å². The summed E-state index contributed by atoms with van der Waals surface area (Å²) >= 11 is 1.75. The number of thiazole rings is 1. The number of hydrogen-bond donors (Lipinski definition) is 1. The second-order valence-corrected chi connectivity index (χ2v) is 5.73. The first-order valence-electron chi connectivity index (χ1n) is 5.45. The Morgan fingerprint density at radius 1 is 1.43 bits per heavy atom. The summed E-state index contributed by atoms with van der Waals surface area (Å²) in [6.07, 6.45) is 4.33. The summed E-state index contributed by atoms with van der Waals surface area (Å²) in [4.78, 5) is 4.46. The van der Waals surface area contributed by atoms with Crippen LogP contribution in [0.3, 0.4) is 0 Å². The van der Waals surface area contributed by atoms with Gasteiger partial charge in [0, 0.05) is 18.0 Å². The molecule has 0 spiro atoms. The third-order valence-corrected chi connectivity index (χ3v) is 4.30. The molecule has 0 amide bonds. The Morgan fingerprint density at radius 2 is 2.21 bits per heavy atom. The predicted octanol–water partition coefficient (Wildman–Crippen LogP) is 2.34. The van der Waals surface area contributed by atoms with E-state index in [0.717, 1.165) is 24.4 Å². The van der Waals surface area contributed by atoms with Crippen molar-refractivity contribution in [2.45, 2.75) is 38.8 Å². The minimum atomic E-state index is 0.778. The van der Waals surface area contributed by atoms with Gasteiger partial charge in [-0.2, -0.15) is 0 Å². The van der Waals surface area contributed by atoms with Gasteiger partial charge in [-0.05, 0) is 38.0 Å². The minimum Gasteiger partial charge on any atom is -0.308 e. The van der Waals surface area contributed by atoms with Gasteiger partial charge in [0.15, 0.2) is 0 Å². The number of fused-ring (bicyclic) bond motifs is 1. The molecule has 2 unspecified atom stereocenters. The van der Waals surface area contributed by atoms with Crippen molar-refractivity contribution < 1.29 is 0 Å². The van der Waals surface area contributed by atoms with E-state index in [2.05, 4.69) is 22.6 Å². The molecule has 1 aromatic rings. The van der Waals surface area contributed by atoms with E-state index in [4.69, 9.17) is 0 Å². The maximum absolute atomic E-state index is 4.46. The van der Waals surface area contributed by atoms with Crippen LogP contribution in [0.2, 0.25) is 0 Å². The van der Waals surface area contributed by atoms with E-state index in [9.17, 15) is 0 Å². The summed E-state index contributed by atoms with van der Waals surface area (Å²) in [5, 5.41) is 6.96. The molecule has 0 bridgehead atoms. The van der Waals surface area contributed by atoms with Crippen molar-refractivity contribution in [3.63, 3.8) is 0 Å². The van der Waals surface area contributed by atoms with Gasteiger partial charge in [-0.25, -0.2) is 4.98 Å². The number of nitrogens with one attached hydrogen (secondary N) is 1. The molecule has 1 heterocycles. The van der Waals surface area contributed by atoms with Gasteiger partial charge in [0.25, 0.3) is 0 Å². The first-order chi connectivity index (χ1) is 6.81. The minimum absolute atomic E-state index is 0.778. The lowest BCUT2D eigenvalue weighted by Gasteiger charge is -2.12. The molecule has 0 aromatic carbocycles. The first-order valence-corrected chi connectivity index (χ1v) is 6.33. The fourth-order valence-corrected chi connectivity index (χ4v) is 3.23. The van der Waals surface area contributed by atoms with Gasteiger partial charge < -0.3 is 5.32 Å². The molecule has 2 fully saturated rings. The molecule has 2 atom stereocenters. The van der Waals surface area contributed by atoms with Crippen LogP contribution < -0.4 is 5.32 Å². The molecule has 2 nitrogen and oxygen atoms in total. The number of rotatable bonds is 3. The molecule has 0 radical (unpaired) electrons. The molecule has 3 heteroatoms. The zero-order chi connectivity index (χ0) is 9.54. The molecule has 3 rings (SSSR count). The molecular weight excluding hydrogens is 192 g/mol. The Labute approximate surface area is 88.7 Å². The van der Waals surface area contributed by atoms with E-state index in [1.807, 2.05) is 0 Å². The topological polar surface area (TPSA) is 24.9 Å². The molecule has 76 valence electrons. The van der Waals surface area contributed by atoms with Gasteiger partial charge in [0.1, 0.15) is 0 Å². The maximum atomic E-state index is 4.46. The molecule has 1 N–H and O–H groups in total. The highest BCUT2D eigenvalue weighted by molar-refractivity contribution is 7.09. The number of aryl methyl sites for hydroxylation is 1. The summed E-state index contributed by atoms with van der Waals surface area (Å²) in [6, 6.07) is 0.778. The SMILES string of the molecule is Cc1nc(CNC2CC3CC3C2)cs1. The Hall–Kier alpha value is -0.410. The molecule has 0 aliphatic heterocycles. The molecule has 2 aliphatic rings. The average molecular weight is 208 g/mol. The number of hydrogen-bond acceptors (Lipinski definition) is 3. The lowest BCUT2D eigenvalue weighted by atomic mass is 10.1. The quantitative estimate of drug-likeness (QED) is 0.824. The lowest BCUT2D eigenvalue weighted by molar-refractivity contribution is 0.477. The highest BCUT2D eigenvalue weighted by Gasteiger charge is 2.45. The zero-order valence-corrected chi connectivity index (χ0v) is 9.31. The van der Waals surface area contributed by atoms with Crippen molar-refractivity contribution in [2.24, 2.45) is 11.8 Å². The standard InChI is InChI=1S/C11H16N2S/c1-7-13-11(6-14-7)5-12-10-3-8-2-9(8)4-10/h6,8-10,12H,2-5H2,1H3. The molecule has 2 saturated carbocycles. The van der Waals surface area contributed by atoms with Gasteiger partial charge in [-0.3, -0.25) is 0 Å². The van der Waals surface area contributed by atoms with Crippen LogP contribution in [0.5, 0.6) is 0 Å². The second-order valence-electron chi connectivity index (χ2n) is 4.66. The summed E-state index contributed by atoms with van der Waals surface area (Å²) in [5.74, 6) is 2.15. The van der Waals surface area contributed by atoms with Gasteiger partial charge in [0.2, 0.25) is 0 Å². The summed E-state index contributed by atoms with van der Waals surface area (Å²) in [7, 11) is 0. The van der Waals surface area contributed by atoms with E-state index in [-0.39, 0.29) is 0 Å². The van der Waals surface area contributed by atoms with Gasteiger partial charge in [-0.1, -0.05) is 0 Å². The van der Waals surface area contributed by atoms with Crippen LogP contribution in [0.15, 0.2) is 5.38 Å². The maximum Gasteiger partial charge on any atom is 0.0897 e. The van der Waals surface area contributed by atoms with Crippen LogP contribution in [0.1, 0.15) is 30.0 Å². The Balaban J connectivity index is 1.50. The van der Waals surface area contributed by atoms with Crippen LogP contribution in [-0.2, 0) is 6.54 Å². The van der Waals surface area contributed by atoms with Crippen molar-refractivity contribution in [3.8, 4) is 0 Å². The largest absolute Gasteiger partial charge is 0.308 e. The van der Waals surface area contributed by atoms with Crippen molar-refractivity contribution in [1.82, 2.24) is 10.3 Å².